The van der Waals surface area contributed by atoms with E-state index in [1.807, 2.05) is 0 Å². The van der Waals surface area contributed by atoms with E-state index in [1.54, 1.807) is 0 Å². The van der Waals surface area contributed by atoms with Crippen LogP contribution in [0.25, 0.3) is 0 Å². The van der Waals surface area contributed by atoms with Gasteiger partial charge in [-0.2, -0.15) is 0 Å². The second-order valence-corrected chi connectivity index (χ2v) is 3.07. The Bertz CT molecular complexity index is 207. The molecule has 1 saturated heterocycles. The van der Waals surface area contributed by atoms with Crippen molar-refractivity contribution in [1.29, 1.82) is 0 Å². The average molecular weight is 189 g/mol. The second-order valence-electron chi connectivity index (χ2n) is 3.07. The average Bonchev–Trinajstić information content (AvgIpc) is 2.47. The Morgan fingerprint density at radius 2 is 2.00 bits per heavy atom. The first-order chi connectivity index (χ1) is 6.06. The zero-order valence-electron chi connectivity index (χ0n) is 6.88. The molecule has 1 rings (SSSR count). The van der Waals surface area contributed by atoms with Gasteiger partial charge in [0, 0.05) is 19.1 Å². The standard InChI is InChI=1S/C7H11NO5/c9-3-4-1-5(6(10)11)8(2-4)7(12)13/h4-5,9H,1-3H2,(H,10,11)(H,12,13)/t4?,5-/m0/s1. The third kappa shape index (κ3) is 1.89. The molecule has 1 aliphatic rings. The van der Waals surface area contributed by atoms with E-state index in [0.29, 0.717) is 0 Å². The van der Waals surface area contributed by atoms with E-state index in [1.165, 1.54) is 0 Å². The molecule has 0 bridgehead atoms. The van der Waals surface area contributed by atoms with Gasteiger partial charge in [-0.1, -0.05) is 0 Å². The molecule has 0 aliphatic carbocycles. The van der Waals surface area contributed by atoms with Crippen LogP contribution in [0.2, 0.25) is 0 Å². The zero-order valence-corrected chi connectivity index (χ0v) is 6.88. The fourth-order valence-electron chi connectivity index (χ4n) is 1.50. The summed E-state index contributed by atoms with van der Waals surface area (Å²) in [5.74, 6) is -1.41. The summed E-state index contributed by atoms with van der Waals surface area (Å²) in [5.41, 5.74) is 0. The van der Waals surface area contributed by atoms with E-state index in [-0.39, 0.29) is 25.5 Å². The molecule has 0 aromatic rings. The lowest BCUT2D eigenvalue weighted by Crippen LogP contribution is -2.39. The van der Waals surface area contributed by atoms with E-state index >= 15 is 0 Å². The Morgan fingerprint density at radius 1 is 1.38 bits per heavy atom. The van der Waals surface area contributed by atoms with Gasteiger partial charge in [-0.05, 0) is 6.42 Å². The molecule has 6 nitrogen and oxygen atoms in total. The third-order valence-corrected chi connectivity index (χ3v) is 2.18. The van der Waals surface area contributed by atoms with E-state index in [4.69, 9.17) is 15.3 Å². The van der Waals surface area contributed by atoms with Crippen molar-refractivity contribution in [2.45, 2.75) is 12.5 Å². The van der Waals surface area contributed by atoms with Crippen molar-refractivity contribution in [2.75, 3.05) is 13.2 Å². The maximum atomic E-state index is 10.6. The first-order valence-corrected chi connectivity index (χ1v) is 3.89. The van der Waals surface area contributed by atoms with Gasteiger partial charge in [-0.15, -0.1) is 0 Å². The quantitative estimate of drug-likeness (QED) is 0.540. The number of rotatable bonds is 2. The van der Waals surface area contributed by atoms with Gasteiger partial charge in [0.25, 0.3) is 0 Å². The largest absolute Gasteiger partial charge is 0.480 e. The fourth-order valence-corrected chi connectivity index (χ4v) is 1.50. The molecule has 0 spiro atoms. The molecule has 0 aromatic carbocycles. The Morgan fingerprint density at radius 3 is 2.31 bits per heavy atom. The summed E-state index contributed by atoms with van der Waals surface area (Å²) in [6, 6.07) is -1.00. The van der Waals surface area contributed by atoms with Gasteiger partial charge in [0.05, 0.1) is 0 Å². The molecule has 1 unspecified atom stereocenters. The van der Waals surface area contributed by atoms with Gasteiger partial charge < -0.3 is 15.3 Å². The van der Waals surface area contributed by atoms with E-state index in [2.05, 4.69) is 0 Å². The van der Waals surface area contributed by atoms with Crippen molar-refractivity contribution in [3.05, 3.63) is 0 Å². The molecule has 1 aliphatic heterocycles. The maximum Gasteiger partial charge on any atom is 0.408 e. The second kappa shape index (κ2) is 3.61. The van der Waals surface area contributed by atoms with Gasteiger partial charge in [-0.3, -0.25) is 4.90 Å². The van der Waals surface area contributed by atoms with Crippen LogP contribution >= 0.6 is 0 Å². The van der Waals surface area contributed by atoms with Gasteiger partial charge in [0.1, 0.15) is 6.04 Å². The number of aliphatic carboxylic acids is 1. The predicted octanol–water partition coefficient (Wildman–Crippen LogP) is -0.568. The number of aliphatic hydroxyl groups is 1. The Labute approximate surface area is 74.4 Å². The van der Waals surface area contributed by atoms with Gasteiger partial charge in [0.15, 0.2) is 0 Å². The van der Waals surface area contributed by atoms with Crippen molar-refractivity contribution < 1.29 is 24.9 Å². The van der Waals surface area contributed by atoms with Crippen LogP contribution in [0.4, 0.5) is 4.79 Å². The molecule has 1 amide bonds. The molecular weight excluding hydrogens is 178 g/mol. The Balaban J connectivity index is 2.71. The molecule has 13 heavy (non-hydrogen) atoms. The first-order valence-electron chi connectivity index (χ1n) is 3.89. The highest BCUT2D eigenvalue weighted by Crippen LogP contribution is 2.22. The monoisotopic (exact) mass is 189 g/mol. The van der Waals surface area contributed by atoms with Crippen molar-refractivity contribution >= 4 is 12.1 Å². The fraction of sp³-hybridized carbons (Fsp3) is 0.714. The Kier molecular flexibility index (Phi) is 2.72. The van der Waals surface area contributed by atoms with Crippen molar-refractivity contribution in [3.63, 3.8) is 0 Å². The van der Waals surface area contributed by atoms with Crippen molar-refractivity contribution in [3.8, 4) is 0 Å². The van der Waals surface area contributed by atoms with Gasteiger partial charge in [-0.25, -0.2) is 9.59 Å². The number of carboxylic acid groups (broad SMARTS) is 2. The van der Waals surface area contributed by atoms with E-state index < -0.39 is 18.1 Å². The lowest BCUT2D eigenvalue weighted by Gasteiger charge is -2.16. The van der Waals surface area contributed by atoms with Gasteiger partial charge in [0.2, 0.25) is 0 Å². The molecule has 6 heteroatoms. The summed E-state index contributed by atoms with van der Waals surface area (Å²) >= 11 is 0. The number of hydrogen-bond acceptors (Lipinski definition) is 3. The predicted molar refractivity (Wildman–Crippen MR) is 41.3 cm³/mol. The van der Waals surface area contributed by atoms with E-state index in [9.17, 15) is 9.59 Å². The molecule has 0 saturated carbocycles. The van der Waals surface area contributed by atoms with E-state index in [0.717, 1.165) is 4.90 Å². The summed E-state index contributed by atoms with van der Waals surface area (Å²) in [5, 5.41) is 26.0. The SMILES string of the molecule is O=C(O)[C@@H]1CC(CO)CN1C(=O)O. The molecule has 1 fully saturated rings. The minimum atomic E-state index is -1.25. The molecule has 3 N–H and O–H groups in total. The van der Waals surface area contributed by atoms with Crippen LogP contribution < -0.4 is 0 Å². The number of carbonyl (C=O) groups is 2. The summed E-state index contributed by atoms with van der Waals surface area (Å²) in [7, 11) is 0. The van der Waals surface area contributed by atoms with Crippen molar-refractivity contribution in [2.24, 2.45) is 5.92 Å². The van der Waals surface area contributed by atoms with Crippen LogP contribution in [0.5, 0.6) is 0 Å². The topological polar surface area (TPSA) is 98.1 Å². The lowest BCUT2D eigenvalue weighted by atomic mass is 10.1. The summed E-state index contributed by atoms with van der Waals surface area (Å²) in [6.07, 6.45) is -1.05. The Hall–Kier alpha value is -1.30. The summed E-state index contributed by atoms with van der Waals surface area (Å²) in [6.45, 7) is -0.0731. The highest BCUT2D eigenvalue weighted by atomic mass is 16.4. The van der Waals surface area contributed by atoms with Crippen LogP contribution in [-0.2, 0) is 4.79 Å². The van der Waals surface area contributed by atoms with Crippen LogP contribution in [0.3, 0.4) is 0 Å². The normalized spacial score (nSPS) is 27.6. The van der Waals surface area contributed by atoms with Crippen molar-refractivity contribution in [1.82, 2.24) is 4.90 Å². The third-order valence-electron chi connectivity index (χ3n) is 2.18. The molecule has 74 valence electrons. The highest BCUT2D eigenvalue weighted by Gasteiger charge is 2.39. The molecule has 1 heterocycles. The molecule has 0 aromatic heterocycles. The number of nitrogens with zero attached hydrogens (tertiary/aromatic N) is 1. The highest BCUT2D eigenvalue weighted by molar-refractivity contribution is 5.80. The molecule has 0 radical (unpaired) electrons. The first kappa shape index (κ1) is 9.79. The summed E-state index contributed by atoms with van der Waals surface area (Å²) in [4.78, 5) is 22.0. The van der Waals surface area contributed by atoms with Crippen LogP contribution in [0.1, 0.15) is 6.42 Å². The number of aliphatic hydroxyl groups excluding tert-OH is 1. The lowest BCUT2D eigenvalue weighted by molar-refractivity contribution is -0.141. The molecular formula is C7H11NO5. The van der Waals surface area contributed by atoms with Gasteiger partial charge >= 0.3 is 12.1 Å². The van der Waals surface area contributed by atoms with Crippen LogP contribution in [0.15, 0.2) is 0 Å². The summed E-state index contributed by atoms with van der Waals surface area (Å²) < 4.78 is 0. The van der Waals surface area contributed by atoms with Crippen LogP contribution in [0, 0.1) is 5.92 Å². The zero-order chi connectivity index (χ0) is 10.0. The maximum absolute atomic E-state index is 10.6. The number of amides is 1. The van der Waals surface area contributed by atoms with Crippen LogP contribution in [-0.4, -0.2) is 51.5 Å². The minimum Gasteiger partial charge on any atom is -0.480 e. The minimum absolute atomic E-state index is 0.100. The number of carboxylic acids is 1. The smallest absolute Gasteiger partial charge is 0.408 e. The molecule has 2 atom stereocenters. The number of likely N-dealkylation sites (tertiary alicyclic amines) is 1. The number of hydrogen-bond donors (Lipinski definition) is 3.